The van der Waals surface area contributed by atoms with Gasteiger partial charge in [-0.3, -0.25) is 0 Å². The summed E-state index contributed by atoms with van der Waals surface area (Å²) in [6.45, 7) is 2.44. The first-order valence-corrected chi connectivity index (χ1v) is 23.2. The first-order chi connectivity index (χ1) is 32.9. The Bertz CT molecular complexity index is 3910. The predicted molar refractivity (Wildman–Crippen MR) is 278 cm³/mol. The first kappa shape index (κ1) is 39.2. The van der Waals surface area contributed by atoms with Crippen LogP contribution in [0.15, 0.2) is 212 Å². The average molecular weight is 877 g/mol. The van der Waals surface area contributed by atoms with Gasteiger partial charge < -0.3 is 4.98 Å². The SMILES string of the molecule is CC1(Cc2cccc(-c3ccc(-c4nc(Cl)nc(-c5ccc(-c6ccccc6)cc5)n4)cc3)c2)c2cc(-c3cccc4c3[nH]c3c5ccccc5ccc43)ccc2-c2c1ccc1ccccc21. The smallest absolute Gasteiger partial charge is 0.226 e. The van der Waals surface area contributed by atoms with Gasteiger partial charge in [-0.1, -0.05) is 213 Å². The topological polar surface area (TPSA) is 54.5 Å². The minimum absolute atomic E-state index is 0.163. The van der Waals surface area contributed by atoms with E-state index >= 15 is 0 Å². The maximum absolute atomic E-state index is 6.53. The molecule has 1 aliphatic rings. The Morgan fingerprint density at radius 2 is 0.970 bits per heavy atom. The average Bonchev–Trinajstić information content (AvgIpc) is 3.89. The van der Waals surface area contributed by atoms with Gasteiger partial charge >= 0.3 is 0 Å². The van der Waals surface area contributed by atoms with Crippen LogP contribution < -0.4 is 0 Å². The summed E-state index contributed by atoms with van der Waals surface area (Å²) >= 11 is 6.53. The van der Waals surface area contributed by atoms with E-state index in [1.165, 1.54) is 82.3 Å². The van der Waals surface area contributed by atoms with E-state index in [-0.39, 0.29) is 10.7 Å². The number of nitrogens with one attached hydrogen (secondary N) is 1. The van der Waals surface area contributed by atoms with Gasteiger partial charge in [0.1, 0.15) is 0 Å². The molecule has 1 aliphatic carbocycles. The molecule has 1 N–H and O–H groups in total. The maximum Gasteiger partial charge on any atom is 0.226 e. The number of halogens is 1. The lowest BCUT2D eigenvalue weighted by atomic mass is 9.74. The zero-order valence-corrected chi connectivity index (χ0v) is 37.4. The fourth-order valence-corrected chi connectivity index (χ4v) is 10.9. The van der Waals surface area contributed by atoms with E-state index in [1.54, 1.807) is 0 Å². The van der Waals surface area contributed by atoms with Gasteiger partial charge in [0.25, 0.3) is 0 Å². The number of hydrogen-bond acceptors (Lipinski definition) is 3. The van der Waals surface area contributed by atoms with Crippen LogP contribution in [-0.4, -0.2) is 19.9 Å². The van der Waals surface area contributed by atoms with Crippen molar-refractivity contribution in [3.8, 4) is 67.3 Å². The van der Waals surface area contributed by atoms with Crippen molar-refractivity contribution in [2.75, 3.05) is 0 Å². The fourth-order valence-electron chi connectivity index (χ4n) is 10.8. The van der Waals surface area contributed by atoms with E-state index in [1.807, 2.05) is 30.3 Å². The Hall–Kier alpha value is -8.18. The number of hydrogen-bond donors (Lipinski definition) is 1. The number of nitrogens with zero attached hydrogens (tertiary/aromatic N) is 3. The molecular formula is C62H41ClN4. The summed E-state index contributed by atoms with van der Waals surface area (Å²) in [7, 11) is 0. The molecule has 0 amide bonds. The van der Waals surface area contributed by atoms with Crippen molar-refractivity contribution in [2.24, 2.45) is 0 Å². The highest BCUT2D eigenvalue weighted by atomic mass is 35.5. The second-order valence-corrected chi connectivity index (χ2v) is 18.4. The monoisotopic (exact) mass is 876 g/mol. The second-order valence-electron chi connectivity index (χ2n) is 18.0. The molecule has 0 fully saturated rings. The summed E-state index contributed by atoms with van der Waals surface area (Å²) < 4.78 is 0. The number of fused-ring (bicyclic) bond motifs is 10. The zero-order chi connectivity index (χ0) is 44.6. The van der Waals surface area contributed by atoms with Gasteiger partial charge in [0.05, 0.1) is 11.0 Å². The molecule has 0 saturated carbocycles. The van der Waals surface area contributed by atoms with Gasteiger partial charge in [-0.2, -0.15) is 9.97 Å². The zero-order valence-electron chi connectivity index (χ0n) is 36.6. The van der Waals surface area contributed by atoms with E-state index in [4.69, 9.17) is 16.6 Å². The summed E-state index contributed by atoms with van der Waals surface area (Å²) in [5.74, 6) is 1.08. The maximum atomic E-state index is 6.53. The first-order valence-electron chi connectivity index (χ1n) is 22.8. The quantitative estimate of drug-likeness (QED) is 0.174. The van der Waals surface area contributed by atoms with Crippen molar-refractivity contribution in [2.45, 2.75) is 18.8 Å². The molecule has 0 bridgehead atoms. The van der Waals surface area contributed by atoms with Crippen molar-refractivity contribution in [3.05, 3.63) is 234 Å². The Labute approximate surface area is 393 Å². The van der Waals surface area contributed by atoms with Crippen molar-refractivity contribution < 1.29 is 0 Å². The van der Waals surface area contributed by atoms with Gasteiger partial charge in [0.15, 0.2) is 11.6 Å². The van der Waals surface area contributed by atoms with Gasteiger partial charge in [-0.05, 0) is 95.9 Å². The summed E-state index contributed by atoms with van der Waals surface area (Å²) in [5.41, 5.74) is 17.4. The minimum atomic E-state index is -0.296. The molecule has 2 aromatic heterocycles. The number of benzene rings is 10. The van der Waals surface area contributed by atoms with Gasteiger partial charge in [0, 0.05) is 38.3 Å². The molecule has 0 spiro atoms. The molecule has 1 atom stereocenters. The summed E-state index contributed by atoms with van der Waals surface area (Å²) in [6, 6.07) is 76.6. The molecule has 0 aliphatic heterocycles. The third-order valence-corrected chi connectivity index (χ3v) is 14.2. The Kier molecular flexibility index (Phi) is 9.06. The number of rotatable bonds is 7. The summed E-state index contributed by atoms with van der Waals surface area (Å²) in [4.78, 5) is 17.8. The van der Waals surface area contributed by atoms with Gasteiger partial charge in [-0.25, -0.2) is 4.98 Å². The van der Waals surface area contributed by atoms with Crippen LogP contribution in [0.4, 0.5) is 0 Å². The van der Waals surface area contributed by atoms with Crippen LogP contribution in [-0.2, 0) is 11.8 Å². The molecule has 10 aromatic carbocycles. The number of para-hydroxylation sites is 1. The Morgan fingerprint density at radius 3 is 1.73 bits per heavy atom. The normalized spacial score (nSPS) is 14.2. The van der Waals surface area contributed by atoms with Crippen LogP contribution in [0.1, 0.15) is 23.6 Å². The molecule has 13 rings (SSSR count). The lowest BCUT2D eigenvalue weighted by Crippen LogP contribution is -2.24. The largest absolute Gasteiger partial charge is 0.353 e. The van der Waals surface area contributed by atoms with Crippen LogP contribution >= 0.6 is 11.6 Å². The van der Waals surface area contributed by atoms with E-state index in [9.17, 15) is 0 Å². The Morgan fingerprint density at radius 1 is 0.403 bits per heavy atom. The Balaban J connectivity index is 0.851. The lowest BCUT2D eigenvalue weighted by Gasteiger charge is -2.28. The third-order valence-electron chi connectivity index (χ3n) is 14.1. The molecule has 1 unspecified atom stereocenters. The second kappa shape index (κ2) is 15.5. The highest BCUT2D eigenvalue weighted by Gasteiger charge is 2.40. The van der Waals surface area contributed by atoms with E-state index in [2.05, 4.69) is 204 Å². The molecule has 0 radical (unpaired) electrons. The molecular weight excluding hydrogens is 836 g/mol. The van der Waals surface area contributed by atoms with E-state index in [0.717, 1.165) is 39.8 Å². The number of H-pyrrole nitrogens is 1. The highest BCUT2D eigenvalue weighted by Crippen LogP contribution is 2.54. The molecule has 2 heterocycles. The lowest BCUT2D eigenvalue weighted by molar-refractivity contribution is 0.583. The van der Waals surface area contributed by atoms with E-state index in [0.29, 0.717) is 11.6 Å². The summed E-state index contributed by atoms with van der Waals surface area (Å²) in [6.07, 6.45) is 0.835. The molecule has 4 nitrogen and oxygen atoms in total. The minimum Gasteiger partial charge on any atom is -0.353 e. The van der Waals surface area contributed by atoms with E-state index < -0.39 is 0 Å². The van der Waals surface area contributed by atoms with Crippen LogP contribution in [0, 0.1) is 0 Å². The molecule has 67 heavy (non-hydrogen) atoms. The fraction of sp³-hybridized carbons (Fsp3) is 0.0484. The van der Waals surface area contributed by atoms with Crippen LogP contribution in [0.3, 0.4) is 0 Å². The molecule has 5 heteroatoms. The standard InChI is InChI=1S/C62H41ClN4/c1-62(37-38-11-9-16-46(35-38)41-23-27-45(28-24-41)60-65-59(66-61(63)67-60)44-25-21-40(22-26-44)39-12-3-2-4-13-39)54-34-31-42-14-5-7-17-48(42)56(54)53-33-30-47(36-55(53)62)50-19-10-20-51-52-32-29-43-15-6-8-18-49(43)57(52)64-58(50)51/h2-36,64H,37H2,1H3. The van der Waals surface area contributed by atoms with Crippen LogP contribution in [0.5, 0.6) is 0 Å². The highest BCUT2D eigenvalue weighted by molar-refractivity contribution is 6.28. The molecule has 0 saturated heterocycles. The van der Waals surface area contributed by atoms with Crippen LogP contribution in [0.2, 0.25) is 5.28 Å². The third kappa shape index (κ3) is 6.55. The molecule has 12 aromatic rings. The van der Waals surface area contributed by atoms with Gasteiger partial charge in [-0.15, -0.1) is 0 Å². The predicted octanol–water partition coefficient (Wildman–Crippen LogP) is 16.3. The van der Waals surface area contributed by atoms with Crippen molar-refractivity contribution in [1.29, 1.82) is 0 Å². The van der Waals surface area contributed by atoms with Gasteiger partial charge in [0.2, 0.25) is 5.28 Å². The number of aromatic amines is 1. The number of aromatic nitrogens is 4. The van der Waals surface area contributed by atoms with Crippen molar-refractivity contribution >= 4 is 55.0 Å². The van der Waals surface area contributed by atoms with Crippen molar-refractivity contribution in [1.82, 2.24) is 19.9 Å². The molecule has 316 valence electrons. The van der Waals surface area contributed by atoms with Crippen LogP contribution in [0.25, 0.3) is 111 Å². The van der Waals surface area contributed by atoms with Crippen molar-refractivity contribution in [3.63, 3.8) is 0 Å². The summed E-state index contributed by atoms with van der Waals surface area (Å²) in [5, 5.41) is 7.69.